The molecule has 0 spiro atoms. The van der Waals surface area contributed by atoms with Gasteiger partial charge in [0.15, 0.2) is 11.0 Å². The van der Waals surface area contributed by atoms with Crippen LogP contribution in [-0.2, 0) is 5.75 Å². The first-order valence-electron chi connectivity index (χ1n) is 7.05. The Bertz CT molecular complexity index is 747. The molecule has 3 aromatic rings. The largest absolute Gasteiger partial charge is 0.334 e. The van der Waals surface area contributed by atoms with Crippen LogP contribution in [0.1, 0.15) is 31.3 Å². The second-order valence-electron chi connectivity index (χ2n) is 5.28. The van der Waals surface area contributed by atoms with Gasteiger partial charge in [0, 0.05) is 11.6 Å². The average Bonchev–Trinajstić information content (AvgIpc) is 3.15. The normalized spacial score (nSPS) is 11.3. The SMILES string of the molecule is Cc1ccc(-c2nc(CSc3nncn3C(C)C)no2)cc1. The third kappa shape index (κ3) is 3.19. The maximum atomic E-state index is 5.32. The lowest BCUT2D eigenvalue weighted by atomic mass is 10.1. The Kier molecular flexibility index (Phi) is 4.24. The van der Waals surface area contributed by atoms with Crippen molar-refractivity contribution in [2.75, 3.05) is 0 Å². The maximum Gasteiger partial charge on any atom is 0.257 e. The molecule has 0 saturated heterocycles. The summed E-state index contributed by atoms with van der Waals surface area (Å²) < 4.78 is 7.34. The summed E-state index contributed by atoms with van der Waals surface area (Å²) >= 11 is 1.55. The van der Waals surface area contributed by atoms with E-state index in [0.29, 0.717) is 23.5 Å². The molecule has 0 fully saturated rings. The lowest BCUT2D eigenvalue weighted by Gasteiger charge is -2.08. The smallest absolute Gasteiger partial charge is 0.257 e. The van der Waals surface area contributed by atoms with Gasteiger partial charge in [-0.05, 0) is 32.9 Å². The number of nitrogens with zero attached hydrogens (tertiary/aromatic N) is 5. The van der Waals surface area contributed by atoms with Crippen molar-refractivity contribution in [2.45, 2.75) is 37.7 Å². The van der Waals surface area contributed by atoms with E-state index in [4.69, 9.17) is 4.52 Å². The number of thioether (sulfide) groups is 1. The molecule has 1 aromatic carbocycles. The Morgan fingerprint density at radius 3 is 2.73 bits per heavy atom. The minimum absolute atomic E-state index is 0.325. The molecular weight excluding hydrogens is 298 g/mol. The molecule has 0 radical (unpaired) electrons. The van der Waals surface area contributed by atoms with Gasteiger partial charge >= 0.3 is 0 Å². The van der Waals surface area contributed by atoms with Crippen LogP contribution >= 0.6 is 11.8 Å². The topological polar surface area (TPSA) is 69.6 Å². The summed E-state index contributed by atoms with van der Waals surface area (Å²) in [7, 11) is 0. The van der Waals surface area contributed by atoms with Crippen molar-refractivity contribution in [3.05, 3.63) is 42.0 Å². The second-order valence-corrected chi connectivity index (χ2v) is 6.23. The first kappa shape index (κ1) is 14.8. The van der Waals surface area contributed by atoms with Crippen molar-refractivity contribution in [1.29, 1.82) is 0 Å². The lowest BCUT2D eigenvalue weighted by molar-refractivity contribution is 0.425. The minimum Gasteiger partial charge on any atom is -0.334 e. The highest BCUT2D eigenvalue weighted by Gasteiger charge is 2.12. The molecule has 2 aromatic heterocycles. The predicted molar refractivity (Wildman–Crippen MR) is 84.4 cm³/mol. The fourth-order valence-electron chi connectivity index (χ4n) is 1.94. The zero-order valence-electron chi connectivity index (χ0n) is 12.7. The van der Waals surface area contributed by atoms with Crippen LogP contribution in [0.3, 0.4) is 0 Å². The van der Waals surface area contributed by atoms with Crippen molar-refractivity contribution < 1.29 is 4.52 Å². The van der Waals surface area contributed by atoms with Gasteiger partial charge in [-0.15, -0.1) is 10.2 Å². The van der Waals surface area contributed by atoms with Gasteiger partial charge in [0.1, 0.15) is 6.33 Å². The molecule has 7 heteroatoms. The van der Waals surface area contributed by atoms with E-state index in [1.165, 1.54) is 5.56 Å². The standard InChI is InChI=1S/C15H17N5OS/c1-10(2)20-9-16-18-15(20)22-8-13-17-14(21-19-13)12-6-4-11(3)5-7-12/h4-7,9-10H,8H2,1-3H3. The predicted octanol–water partition coefficient (Wildman–Crippen LogP) is 3.51. The highest BCUT2D eigenvalue weighted by atomic mass is 32.2. The highest BCUT2D eigenvalue weighted by molar-refractivity contribution is 7.98. The second kappa shape index (κ2) is 6.31. The highest BCUT2D eigenvalue weighted by Crippen LogP contribution is 2.23. The molecule has 22 heavy (non-hydrogen) atoms. The number of aryl methyl sites for hydroxylation is 1. The van der Waals surface area contributed by atoms with Crippen molar-refractivity contribution in [3.63, 3.8) is 0 Å². The van der Waals surface area contributed by atoms with Crippen LogP contribution in [0, 0.1) is 6.92 Å². The molecular formula is C15H17N5OS. The summed E-state index contributed by atoms with van der Waals surface area (Å²) in [5.74, 6) is 1.79. The maximum absolute atomic E-state index is 5.32. The molecule has 3 rings (SSSR count). The molecule has 0 atom stereocenters. The summed E-state index contributed by atoms with van der Waals surface area (Å²) in [4.78, 5) is 4.43. The molecule has 0 N–H and O–H groups in total. The van der Waals surface area contributed by atoms with Gasteiger partial charge in [-0.1, -0.05) is 34.6 Å². The van der Waals surface area contributed by atoms with Gasteiger partial charge in [-0.25, -0.2) is 0 Å². The first-order chi connectivity index (χ1) is 10.6. The minimum atomic E-state index is 0.325. The summed E-state index contributed by atoms with van der Waals surface area (Å²) in [6.45, 7) is 6.24. The Labute approximate surface area is 133 Å². The Hall–Kier alpha value is -2.15. The molecule has 114 valence electrons. The fraction of sp³-hybridized carbons (Fsp3) is 0.333. The van der Waals surface area contributed by atoms with Crippen LogP contribution in [0.5, 0.6) is 0 Å². The number of rotatable bonds is 5. The average molecular weight is 315 g/mol. The zero-order chi connectivity index (χ0) is 15.5. The van der Waals surface area contributed by atoms with Gasteiger partial charge in [-0.3, -0.25) is 0 Å². The van der Waals surface area contributed by atoms with Crippen molar-refractivity contribution in [1.82, 2.24) is 24.9 Å². The third-order valence-electron chi connectivity index (χ3n) is 3.19. The van der Waals surface area contributed by atoms with E-state index in [-0.39, 0.29) is 0 Å². The molecule has 0 bridgehead atoms. The van der Waals surface area contributed by atoms with Crippen molar-refractivity contribution in [2.24, 2.45) is 0 Å². The van der Waals surface area contributed by atoms with E-state index in [1.54, 1.807) is 18.1 Å². The van der Waals surface area contributed by atoms with Crippen LogP contribution in [0.2, 0.25) is 0 Å². The van der Waals surface area contributed by atoms with Gasteiger partial charge in [0.2, 0.25) is 0 Å². The quantitative estimate of drug-likeness (QED) is 0.671. The third-order valence-corrected chi connectivity index (χ3v) is 4.15. The van der Waals surface area contributed by atoms with Gasteiger partial charge in [-0.2, -0.15) is 4.98 Å². The summed E-state index contributed by atoms with van der Waals surface area (Å²) in [5, 5.41) is 12.9. The van der Waals surface area contributed by atoms with E-state index in [9.17, 15) is 0 Å². The number of benzene rings is 1. The molecule has 0 unspecified atom stereocenters. The molecule has 0 aliphatic heterocycles. The lowest BCUT2D eigenvalue weighted by Crippen LogP contribution is -2.01. The Balaban J connectivity index is 1.69. The molecule has 2 heterocycles. The molecule has 0 amide bonds. The Morgan fingerprint density at radius 1 is 1.23 bits per heavy atom. The van der Waals surface area contributed by atoms with Gasteiger partial charge < -0.3 is 9.09 Å². The molecule has 6 nitrogen and oxygen atoms in total. The van der Waals surface area contributed by atoms with Crippen LogP contribution in [0.25, 0.3) is 11.5 Å². The van der Waals surface area contributed by atoms with Gasteiger partial charge in [0.05, 0.1) is 5.75 Å². The molecule has 0 aliphatic rings. The van der Waals surface area contributed by atoms with E-state index < -0.39 is 0 Å². The van der Waals surface area contributed by atoms with Crippen LogP contribution in [-0.4, -0.2) is 24.9 Å². The monoisotopic (exact) mass is 315 g/mol. The van der Waals surface area contributed by atoms with E-state index in [1.807, 2.05) is 35.8 Å². The van der Waals surface area contributed by atoms with E-state index >= 15 is 0 Å². The molecule has 0 saturated carbocycles. The Morgan fingerprint density at radius 2 is 2.00 bits per heavy atom. The van der Waals surface area contributed by atoms with Crippen LogP contribution < -0.4 is 0 Å². The van der Waals surface area contributed by atoms with Gasteiger partial charge in [0.25, 0.3) is 5.89 Å². The van der Waals surface area contributed by atoms with E-state index in [2.05, 4.69) is 34.2 Å². The number of aromatic nitrogens is 5. The first-order valence-corrected chi connectivity index (χ1v) is 8.04. The summed E-state index contributed by atoms with van der Waals surface area (Å²) in [6, 6.07) is 8.34. The number of hydrogen-bond acceptors (Lipinski definition) is 6. The number of hydrogen-bond donors (Lipinski definition) is 0. The molecule has 0 aliphatic carbocycles. The van der Waals surface area contributed by atoms with Crippen LogP contribution in [0.15, 0.2) is 40.3 Å². The zero-order valence-corrected chi connectivity index (χ0v) is 13.5. The fourth-order valence-corrected chi connectivity index (χ4v) is 2.83. The van der Waals surface area contributed by atoms with E-state index in [0.717, 1.165) is 10.7 Å². The summed E-state index contributed by atoms with van der Waals surface area (Å²) in [5.41, 5.74) is 2.13. The van der Waals surface area contributed by atoms with Crippen molar-refractivity contribution >= 4 is 11.8 Å². The van der Waals surface area contributed by atoms with Crippen LogP contribution in [0.4, 0.5) is 0 Å². The van der Waals surface area contributed by atoms with Crippen molar-refractivity contribution in [3.8, 4) is 11.5 Å². The summed E-state index contributed by atoms with van der Waals surface area (Å²) in [6.07, 6.45) is 1.74.